The second-order valence-electron chi connectivity index (χ2n) is 6.17. The van der Waals surface area contributed by atoms with Crippen LogP contribution in [0, 0.1) is 13.8 Å². The van der Waals surface area contributed by atoms with Gasteiger partial charge in [-0.15, -0.1) is 11.3 Å². The molecule has 0 aliphatic heterocycles. The lowest BCUT2D eigenvalue weighted by molar-refractivity contribution is 0.0531. The first-order valence-electron chi connectivity index (χ1n) is 9.26. The Balaban J connectivity index is 1.86. The van der Waals surface area contributed by atoms with E-state index >= 15 is 0 Å². The van der Waals surface area contributed by atoms with Gasteiger partial charge in [0.25, 0.3) is 0 Å². The van der Waals surface area contributed by atoms with Crippen LogP contribution in [0.5, 0.6) is 5.75 Å². The van der Waals surface area contributed by atoms with Gasteiger partial charge in [-0.2, -0.15) is 0 Å². The number of nitrogens with zero attached hydrogens (tertiary/aromatic N) is 2. The van der Waals surface area contributed by atoms with Gasteiger partial charge in [0.15, 0.2) is 5.96 Å². The Morgan fingerprint density at radius 1 is 1.32 bits per heavy atom. The van der Waals surface area contributed by atoms with E-state index in [-0.39, 0.29) is 12.0 Å². The molecule has 1 unspecified atom stereocenters. The lowest BCUT2D eigenvalue weighted by Crippen LogP contribution is -2.40. The van der Waals surface area contributed by atoms with Crippen molar-refractivity contribution in [2.45, 2.75) is 33.7 Å². The first kappa shape index (κ1) is 21.7. The molecule has 2 N–H and O–H groups in total. The lowest BCUT2D eigenvalue weighted by Gasteiger charge is -2.16. The normalized spacial score (nSPS) is 12.4. The van der Waals surface area contributed by atoms with E-state index < -0.39 is 0 Å². The van der Waals surface area contributed by atoms with Gasteiger partial charge in [0.1, 0.15) is 22.2 Å². The number of nitrogens with one attached hydrogen (secondary N) is 2. The Morgan fingerprint density at radius 3 is 2.75 bits per heavy atom. The molecule has 0 fully saturated rings. The molecular formula is C20H28N4O3S. The van der Waals surface area contributed by atoms with Crippen LogP contribution in [0.15, 0.2) is 29.3 Å². The Bertz CT molecular complexity index is 820. The summed E-state index contributed by atoms with van der Waals surface area (Å²) in [5, 5.41) is 7.31. The summed E-state index contributed by atoms with van der Waals surface area (Å²) in [6.45, 7) is 9.07. The zero-order valence-corrected chi connectivity index (χ0v) is 17.9. The van der Waals surface area contributed by atoms with Crippen molar-refractivity contribution in [3.05, 3.63) is 45.4 Å². The Labute approximate surface area is 170 Å². The molecule has 1 aromatic carbocycles. The number of aryl methyl sites for hydroxylation is 2. The van der Waals surface area contributed by atoms with Crippen LogP contribution in [0.25, 0.3) is 0 Å². The van der Waals surface area contributed by atoms with E-state index in [0.717, 1.165) is 16.3 Å². The van der Waals surface area contributed by atoms with E-state index in [4.69, 9.17) is 9.47 Å². The van der Waals surface area contributed by atoms with Gasteiger partial charge >= 0.3 is 5.97 Å². The molecule has 1 aromatic heterocycles. The summed E-state index contributed by atoms with van der Waals surface area (Å²) in [6.07, 6.45) is 0. The van der Waals surface area contributed by atoms with Crippen molar-refractivity contribution in [1.29, 1.82) is 0 Å². The maximum Gasteiger partial charge on any atom is 0.350 e. The van der Waals surface area contributed by atoms with Crippen molar-refractivity contribution in [3.8, 4) is 5.75 Å². The van der Waals surface area contributed by atoms with E-state index in [1.807, 2.05) is 45.0 Å². The smallest absolute Gasteiger partial charge is 0.350 e. The second-order valence-corrected chi connectivity index (χ2v) is 7.20. The number of benzene rings is 1. The van der Waals surface area contributed by atoms with E-state index in [1.165, 1.54) is 11.3 Å². The van der Waals surface area contributed by atoms with Crippen molar-refractivity contribution in [1.82, 2.24) is 15.6 Å². The third-order valence-electron chi connectivity index (χ3n) is 3.97. The quantitative estimate of drug-likeness (QED) is 0.304. The van der Waals surface area contributed by atoms with Crippen LogP contribution in [-0.2, 0) is 4.74 Å². The summed E-state index contributed by atoms with van der Waals surface area (Å²) >= 11 is 1.34. The molecule has 2 aromatic rings. The fraction of sp³-hybridized carbons (Fsp3) is 0.450. The SMILES string of the molecule is CCOC(=O)c1sc(C(C)NC(=NC)NCCOc2ccccc2C)nc1C. The van der Waals surface area contributed by atoms with Crippen LogP contribution in [0.2, 0.25) is 0 Å². The standard InChI is InChI=1S/C20H28N4O3S/c1-6-26-19(25)17-14(3)23-18(28-17)15(4)24-20(21-5)22-11-12-27-16-10-8-7-9-13(16)2/h7-10,15H,6,11-12H2,1-5H3,(H2,21,22,24). The van der Waals surface area contributed by atoms with Crippen LogP contribution in [0.3, 0.4) is 0 Å². The number of aromatic nitrogens is 1. The summed E-state index contributed by atoms with van der Waals surface area (Å²) in [6, 6.07) is 7.82. The number of rotatable bonds is 8. The minimum atomic E-state index is -0.327. The number of hydrogen-bond donors (Lipinski definition) is 2. The minimum Gasteiger partial charge on any atom is -0.491 e. The van der Waals surface area contributed by atoms with E-state index in [0.29, 0.717) is 36.3 Å². The highest BCUT2D eigenvalue weighted by molar-refractivity contribution is 7.13. The van der Waals surface area contributed by atoms with Crippen LogP contribution in [0.4, 0.5) is 0 Å². The van der Waals surface area contributed by atoms with Gasteiger partial charge in [-0.1, -0.05) is 18.2 Å². The van der Waals surface area contributed by atoms with Crippen molar-refractivity contribution >= 4 is 23.3 Å². The molecule has 152 valence electrons. The summed E-state index contributed by atoms with van der Waals surface area (Å²) < 4.78 is 10.9. The minimum absolute atomic E-state index is 0.102. The summed E-state index contributed by atoms with van der Waals surface area (Å²) in [7, 11) is 1.71. The van der Waals surface area contributed by atoms with Crippen molar-refractivity contribution in [2.75, 3.05) is 26.8 Å². The van der Waals surface area contributed by atoms with E-state index in [9.17, 15) is 4.79 Å². The number of aliphatic imine (C=N–C) groups is 1. The number of para-hydroxylation sites is 1. The first-order chi connectivity index (χ1) is 13.5. The summed E-state index contributed by atoms with van der Waals surface area (Å²) in [4.78, 5) is 21.2. The lowest BCUT2D eigenvalue weighted by atomic mass is 10.2. The third kappa shape index (κ3) is 5.95. The van der Waals surface area contributed by atoms with Gasteiger partial charge in [-0.25, -0.2) is 9.78 Å². The fourth-order valence-corrected chi connectivity index (χ4v) is 3.46. The predicted octanol–water partition coefficient (Wildman–Crippen LogP) is 3.24. The zero-order valence-electron chi connectivity index (χ0n) is 17.0. The number of carbonyl (C=O) groups is 1. The Kier molecular flexibility index (Phi) is 8.25. The van der Waals surface area contributed by atoms with Gasteiger partial charge in [-0.3, -0.25) is 4.99 Å². The molecule has 0 aliphatic rings. The molecule has 0 amide bonds. The molecule has 2 rings (SSSR count). The maximum absolute atomic E-state index is 12.0. The number of guanidine groups is 1. The van der Waals surface area contributed by atoms with E-state index in [1.54, 1.807) is 14.0 Å². The maximum atomic E-state index is 12.0. The molecule has 0 aliphatic carbocycles. The van der Waals surface area contributed by atoms with Crippen LogP contribution in [0.1, 0.15) is 45.8 Å². The molecule has 0 saturated carbocycles. The highest BCUT2D eigenvalue weighted by Gasteiger charge is 2.20. The van der Waals surface area contributed by atoms with Crippen LogP contribution < -0.4 is 15.4 Å². The Hall–Kier alpha value is -2.61. The Morgan fingerprint density at radius 2 is 2.07 bits per heavy atom. The van der Waals surface area contributed by atoms with Gasteiger partial charge < -0.3 is 20.1 Å². The van der Waals surface area contributed by atoms with Gasteiger partial charge in [0.05, 0.1) is 24.9 Å². The monoisotopic (exact) mass is 404 g/mol. The van der Waals surface area contributed by atoms with Crippen molar-refractivity contribution in [3.63, 3.8) is 0 Å². The van der Waals surface area contributed by atoms with Crippen molar-refractivity contribution in [2.24, 2.45) is 4.99 Å². The highest BCUT2D eigenvalue weighted by Crippen LogP contribution is 2.24. The number of thiazole rings is 1. The molecule has 0 saturated heterocycles. The summed E-state index contributed by atoms with van der Waals surface area (Å²) in [5.41, 5.74) is 1.79. The van der Waals surface area contributed by atoms with Crippen molar-refractivity contribution < 1.29 is 14.3 Å². The molecule has 28 heavy (non-hydrogen) atoms. The van der Waals surface area contributed by atoms with Crippen LogP contribution >= 0.6 is 11.3 Å². The second kappa shape index (κ2) is 10.7. The number of ether oxygens (including phenoxy) is 2. The molecule has 0 radical (unpaired) electrons. The topological polar surface area (TPSA) is 84.8 Å². The third-order valence-corrected chi connectivity index (χ3v) is 5.29. The summed E-state index contributed by atoms with van der Waals surface area (Å²) in [5.74, 6) is 1.20. The van der Waals surface area contributed by atoms with E-state index in [2.05, 4.69) is 20.6 Å². The average molecular weight is 405 g/mol. The zero-order chi connectivity index (χ0) is 20.5. The molecule has 1 heterocycles. The van der Waals surface area contributed by atoms with Gasteiger partial charge in [0.2, 0.25) is 0 Å². The molecule has 8 heteroatoms. The highest BCUT2D eigenvalue weighted by atomic mass is 32.1. The van der Waals surface area contributed by atoms with Gasteiger partial charge in [0, 0.05) is 7.05 Å². The number of hydrogen-bond acceptors (Lipinski definition) is 6. The number of carbonyl (C=O) groups excluding carboxylic acids is 1. The van der Waals surface area contributed by atoms with Crippen LogP contribution in [-0.4, -0.2) is 43.7 Å². The average Bonchev–Trinajstić information content (AvgIpc) is 3.07. The molecule has 7 nitrogen and oxygen atoms in total. The largest absolute Gasteiger partial charge is 0.491 e. The van der Waals surface area contributed by atoms with Gasteiger partial charge in [-0.05, 0) is 39.3 Å². The first-order valence-corrected chi connectivity index (χ1v) is 10.1. The molecule has 0 bridgehead atoms. The molecule has 1 atom stereocenters. The predicted molar refractivity (Wildman–Crippen MR) is 112 cm³/mol. The number of esters is 1. The molecule has 0 spiro atoms. The fourth-order valence-electron chi connectivity index (χ4n) is 2.50. The molecular weight excluding hydrogens is 376 g/mol.